The molecule has 28 heavy (non-hydrogen) atoms. The summed E-state index contributed by atoms with van der Waals surface area (Å²) in [6, 6.07) is 9.63. The number of benzene rings is 2. The van der Waals surface area contributed by atoms with Crippen molar-refractivity contribution in [2.75, 3.05) is 34.9 Å². The Morgan fingerprint density at radius 1 is 1.07 bits per heavy atom. The lowest BCUT2D eigenvalue weighted by Gasteiger charge is -2.26. The standard InChI is InChI=1S/C18H19F2N3O3S.H2S/c19-14-4-1-2-6-16(14)23-17-7-3-5-15(20)18(17)22(27(23,24)25)10-8-13-12-21-9-11-26-13;/h1-7,13,21H,8-12H2;1H2/t13-;/m0./s1. The Bertz CT molecular complexity index is 953. The summed E-state index contributed by atoms with van der Waals surface area (Å²) in [5, 5.41) is 3.18. The van der Waals surface area contributed by atoms with Crippen LogP contribution < -0.4 is 13.9 Å². The van der Waals surface area contributed by atoms with E-state index < -0.39 is 21.8 Å². The fraction of sp³-hybridized carbons (Fsp3) is 0.333. The highest BCUT2D eigenvalue weighted by Crippen LogP contribution is 2.47. The average molecular weight is 430 g/mol. The van der Waals surface area contributed by atoms with Gasteiger partial charge < -0.3 is 10.1 Å². The molecule has 2 heterocycles. The van der Waals surface area contributed by atoms with Gasteiger partial charge >= 0.3 is 10.2 Å². The molecule has 1 fully saturated rings. The van der Waals surface area contributed by atoms with Gasteiger partial charge in [-0.2, -0.15) is 21.9 Å². The minimum atomic E-state index is -4.18. The van der Waals surface area contributed by atoms with Crippen molar-refractivity contribution in [2.45, 2.75) is 12.5 Å². The topological polar surface area (TPSA) is 61.9 Å². The Morgan fingerprint density at radius 3 is 2.50 bits per heavy atom. The predicted molar refractivity (Wildman–Crippen MR) is 109 cm³/mol. The SMILES string of the molecule is O=S1(=O)N(CC[C@H]2CNCCO2)c2c(F)cccc2N1c1ccccc1F.S. The first-order chi connectivity index (χ1) is 13.0. The molecule has 2 aliphatic heterocycles. The van der Waals surface area contributed by atoms with Crippen LogP contribution in [0.4, 0.5) is 25.8 Å². The first-order valence-corrected chi connectivity index (χ1v) is 10.1. The third kappa shape index (κ3) is 3.57. The quantitative estimate of drug-likeness (QED) is 0.812. The van der Waals surface area contributed by atoms with E-state index in [2.05, 4.69) is 5.32 Å². The van der Waals surface area contributed by atoms with E-state index in [0.29, 0.717) is 19.6 Å². The van der Waals surface area contributed by atoms with Crippen molar-refractivity contribution in [3.63, 3.8) is 0 Å². The Labute approximate surface area is 169 Å². The number of nitrogens with one attached hydrogen (secondary N) is 1. The van der Waals surface area contributed by atoms with Crippen LogP contribution in [0.25, 0.3) is 0 Å². The number of rotatable bonds is 4. The van der Waals surface area contributed by atoms with Gasteiger partial charge in [-0.3, -0.25) is 0 Å². The van der Waals surface area contributed by atoms with Crippen LogP contribution in [0.15, 0.2) is 42.5 Å². The summed E-state index contributed by atoms with van der Waals surface area (Å²) in [6.07, 6.45) is 0.233. The van der Waals surface area contributed by atoms with Gasteiger partial charge in [-0.05, 0) is 30.7 Å². The minimum Gasteiger partial charge on any atom is -0.376 e. The van der Waals surface area contributed by atoms with E-state index in [1.165, 1.54) is 42.5 Å². The number of hydrogen-bond donors (Lipinski definition) is 1. The lowest BCUT2D eigenvalue weighted by molar-refractivity contribution is 0.0253. The molecule has 6 nitrogen and oxygen atoms in total. The molecule has 0 aliphatic carbocycles. The molecule has 1 saturated heterocycles. The summed E-state index contributed by atoms with van der Waals surface area (Å²) in [6.45, 7) is 1.93. The van der Waals surface area contributed by atoms with E-state index in [1.54, 1.807) is 0 Å². The number of halogens is 2. The average Bonchev–Trinajstić information content (AvgIpc) is 2.89. The van der Waals surface area contributed by atoms with Crippen LogP contribution in [-0.2, 0) is 14.9 Å². The predicted octanol–water partition coefficient (Wildman–Crippen LogP) is 2.66. The fourth-order valence-corrected chi connectivity index (χ4v) is 5.15. The Morgan fingerprint density at radius 2 is 1.79 bits per heavy atom. The normalized spacial score (nSPS) is 20.6. The van der Waals surface area contributed by atoms with Crippen LogP contribution in [0.2, 0.25) is 0 Å². The molecule has 0 unspecified atom stereocenters. The lowest BCUT2D eigenvalue weighted by Crippen LogP contribution is -2.42. The molecule has 4 rings (SSSR count). The van der Waals surface area contributed by atoms with E-state index in [0.717, 1.165) is 15.2 Å². The van der Waals surface area contributed by atoms with Crippen LogP contribution in [0.1, 0.15) is 6.42 Å². The van der Waals surface area contributed by atoms with Crippen LogP contribution >= 0.6 is 13.5 Å². The number of nitrogens with zero attached hydrogens (tertiary/aromatic N) is 2. The minimum absolute atomic E-state index is 0. The summed E-state index contributed by atoms with van der Waals surface area (Å²) < 4.78 is 62.8. The zero-order chi connectivity index (χ0) is 19.0. The van der Waals surface area contributed by atoms with Gasteiger partial charge in [0.25, 0.3) is 0 Å². The third-order valence-electron chi connectivity index (χ3n) is 4.67. The molecular weight excluding hydrogens is 408 g/mol. The number of anilines is 3. The summed E-state index contributed by atoms with van der Waals surface area (Å²) in [5.74, 6) is -1.37. The molecule has 0 bridgehead atoms. The molecule has 2 aromatic carbocycles. The lowest BCUT2D eigenvalue weighted by atomic mass is 10.2. The van der Waals surface area contributed by atoms with Crippen LogP contribution in [0.5, 0.6) is 0 Å². The molecule has 2 aromatic rings. The monoisotopic (exact) mass is 429 g/mol. The first kappa shape index (κ1) is 20.8. The molecule has 0 spiro atoms. The van der Waals surface area contributed by atoms with E-state index in [1.807, 2.05) is 0 Å². The van der Waals surface area contributed by atoms with E-state index in [9.17, 15) is 17.2 Å². The molecule has 1 atom stereocenters. The van der Waals surface area contributed by atoms with Gasteiger partial charge in [-0.25, -0.2) is 17.4 Å². The Balaban J connectivity index is 0.00000225. The van der Waals surface area contributed by atoms with Crippen molar-refractivity contribution in [1.82, 2.24) is 5.32 Å². The second kappa shape index (κ2) is 8.24. The largest absolute Gasteiger partial charge is 0.376 e. The summed E-state index contributed by atoms with van der Waals surface area (Å²) in [5.41, 5.74) is -0.102. The zero-order valence-corrected chi connectivity index (χ0v) is 16.8. The van der Waals surface area contributed by atoms with Crippen molar-refractivity contribution in [3.05, 3.63) is 54.1 Å². The molecular formula is C18H21F2N3O3S2. The highest BCUT2D eigenvalue weighted by Gasteiger charge is 2.44. The van der Waals surface area contributed by atoms with Crippen molar-refractivity contribution in [1.29, 1.82) is 0 Å². The van der Waals surface area contributed by atoms with Gasteiger partial charge in [0.1, 0.15) is 17.3 Å². The van der Waals surface area contributed by atoms with Gasteiger partial charge in [0.15, 0.2) is 0 Å². The van der Waals surface area contributed by atoms with E-state index in [4.69, 9.17) is 4.74 Å². The molecule has 0 saturated carbocycles. The molecule has 2 aliphatic rings. The Kier molecular flexibility index (Phi) is 6.13. The van der Waals surface area contributed by atoms with Gasteiger partial charge in [0.2, 0.25) is 0 Å². The maximum atomic E-state index is 14.6. The van der Waals surface area contributed by atoms with Gasteiger partial charge in [-0.1, -0.05) is 18.2 Å². The Hall–Kier alpha value is -1.88. The number of ether oxygens (including phenoxy) is 1. The second-order valence-electron chi connectivity index (χ2n) is 6.39. The maximum absolute atomic E-state index is 14.6. The molecule has 1 N–H and O–H groups in total. The molecule has 0 aromatic heterocycles. The molecule has 152 valence electrons. The van der Waals surface area contributed by atoms with Crippen molar-refractivity contribution >= 4 is 40.8 Å². The van der Waals surface area contributed by atoms with E-state index in [-0.39, 0.29) is 43.2 Å². The third-order valence-corrected chi connectivity index (χ3v) is 6.45. The second-order valence-corrected chi connectivity index (χ2v) is 8.09. The highest BCUT2D eigenvalue weighted by molar-refractivity contribution is 7.95. The molecule has 10 heteroatoms. The smallest absolute Gasteiger partial charge is 0.331 e. The van der Waals surface area contributed by atoms with Crippen LogP contribution in [-0.4, -0.2) is 40.8 Å². The molecule has 0 amide bonds. The van der Waals surface area contributed by atoms with Gasteiger partial charge in [0.05, 0.1) is 24.1 Å². The number of hydrogen-bond acceptors (Lipinski definition) is 4. The summed E-state index contributed by atoms with van der Waals surface area (Å²) in [4.78, 5) is 0. The van der Waals surface area contributed by atoms with Crippen molar-refractivity contribution in [2.24, 2.45) is 0 Å². The zero-order valence-electron chi connectivity index (χ0n) is 14.9. The number of fused-ring (bicyclic) bond motifs is 1. The first-order valence-electron chi connectivity index (χ1n) is 8.68. The highest BCUT2D eigenvalue weighted by atomic mass is 32.2. The van der Waals surface area contributed by atoms with Gasteiger partial charge in [-0.15, -0.1) is 0 Å². The van der Waals surface area contributed by atoms with Crippen LogP contribution in [0, 0.1) is 11.6 Å². The van der Waals surface area contributed by atoms with Crippen molar-refractivity contribution < 1.29 is 21.9 Å². The maximum Gasteiger partial charge on any atom is 0.331 e. The van der Waals surface area contributed by atoms with E-state index >= 15 is 0 Å². The summed E-state index contributed by atoms with van der Waals surface area (Å²) >= 11 is 0. The number of morpholine rings is 1. The van der Waals surface area contributed by atoms with Crippen LogP contribution in [0.3, 0.4) is 0 Å². The number of para-hydroxylation sites is 2. The van der Waals surface area contributed by atoms with Crippen molar-refractivity contribution in [3.8, 4) is 0 Å². The van der Waals surface area contributed by atoms with Gasteiger partial charge in [0, 0.05) is 19.6 Å². The fourth-order valence-electron chi connectivity index (χ4n) is 3.42. The summed E-state index contributed by atoms with van der Waals surface area (Å²) in [7, 11) is -4.18. The molecule has 0 radical (unpaired) electrons.